The van der Waals surface area contributed by atoms with E-state index in [1.165, 1.54) is 5.57 Å². The number of allylic oxidation sites excluding steroid dienone is 1. The molecule has 1 unspecified atom stereocenters. The van der Waals surface area contributed by atoms with Crippen LogP contribution in [0.25, 0.3) is 0 Å². The molecule has 7 heteroatoms. The zero-order chi connectivity index (χ0) is 30.7. The first-order valence-electron chi connectivity index (χ1n) is 16.0. The van der Waals surface area contributed by atoms with E-state index in [-0.39, 0.29) is 18.3 Å². The van der Waals surface area contributed by atoms with Gasteiger partial charge in [0.25, 0.3) is 0 Å². The van der Waals surface area contributed by atoms with Gasteiger partial charge in [-0.25, -0.2) is 0 Å². The van der Waals surface area contributed by atoms with E-state index in [0.717, 1.165) is 6.42 Å². The van der Waals surface area contributed by atoms with Crippen LogP contribution in [-0.4, -0.2) is 55.5 Å². The second-order valence-electron chi connectivity index (χ2n) is 15.3. The van der Waals surface area contributed by atoms with Crippen LogP contribution in [-0.2, 0) is 18.0 Å². The van der Waals surface area contributed by atoms with Crippen LogP contribution >= 0.6 is 0 Å². The summed E-state index contributed by atoms with van der Waals surface area (Å²) in [5.41, 5.74) is 3.97. The molecule has 1 aliphatic rings. The summed E-state index contributed by atoms with van der Waals surface area (Å²) in [4.78, 5) is 0. The molecule has 1 heterocycles. The third-order valence-electron chi connectivity index (χ3n) is 9.43. The first-order valence-corrected chi connectivity index (χ1v) is 23.7. The molecule has 1 aliphatic heterocycles. The maximum absolute atomic E-state index is 7.54. The van der Waals surface area contributed by atoms with Crippen molar-refractivity contribution in [1.29, 1.82) is 0 Å². The Labute approximate surface area is 247 Å². The molecule has 39 heavy (non-hydrogen) atoms. The van der Waals surface area contributed by atoms with Gasteiger partial charge < -0.3 is 18.0 Å². The molecule has 1 rings (SSSR count). The van der Waals surface area contributed by atoms with E-state index >= 15 is 0 Å². The minimum absolute atomic E-state index is 0.0413. The number of hydrogen-bond acceptors (Lipinski definition) is 4. The van der Waals surface area contributed by atoms with E-state index < -0.39 is 30.6 Å². The van der Waals surface area contributed by atoms with Crippen LogP contribution in [0.5, 0.6) is 0 Å². The van der Waals surface area contributed by atoms with E-state index in [2.05, 4.69) is 130 Å². The molecule has 0 bridgehead atoms. The molecular formula is C32H68O4Si3. The first-order chi connectivity index (χ1) is 17.6. The number of rotatable bonds is 17. The van der Waals surface area contributed by atoms with Crippen molar-refractivity contribution in [3.8, 4) is 0 Å². The van der Waals surface area contributed by atoms with E-state index in [1.54, 1.807) is 0 Å². The van der Waals surface area contributed by atoms with Gasteiger partial charge in [0.05, 0.1) is 18.8 Å². The second-order valence-corrected chi connectivity index (χ2v) is 30.6. The van der Waals surface area contributed by atoms with Crippen LogP contribution in [0.4, 0.5) is 0 Å². The average Bonchev–Trinajstić information content (AvgIpc) is 3.44. The Bertz CT molecular complexity index is 741. The van der Waals surface area contributed by atoms with E-state index in [9.17, 15) is 0 Å². The first kappa shape index (κ1) is 37.3. The predicted octanol–water partition coefficient (Wildman–Crippen LogP) is 10.5. The van der Waals surface area contributed by atoms with Gasteiger partial charge in [0.1, 0.15) is 11.7 Å². The Kier molecular flexibility index (Phi) is 13.5. The maximum Gasteiger partial charge on any atom is 0.201 e. The molecule has 0 aromatic carbocycles. The third kappa shape index (κ3) is 8.20. The van der Waals surface area contributed by atoms with Crippen molar-refractivity contribution in [1.82, 2.24) is 0 Å². The average molecular weight is 601 g/mol. The zero-order valence-corrected chi connectivity index (χ0v) is 32.3. The molecule has 0 spiro atoms. The molecule has 232 valence electrons. The zero-order valence-electron chi connectivity index (χ0n) is 29.3. The summed E-state index contributed by atoms with van der Waals surface area (Å²) >= 11 is 0. The Balaban J connectivity index is 3.63. The Morgan fingerprint density at radius 2 is 1.15 bits per heavy atom. The maximum atomic E-state index is 7.54. The van der Waals surface area contributed by atoms with Gasteiger partial charge in [0.2, 0.25) is 8.32 Å². The van der Waals surface area contributed by atoms with Crippen molar-refractivity contribution in [3.05, 3.63) is 11.6 Å². The minimum Gasteiger partial charge on any atom is -0.413 e. The van der Waals surface area contributed by atoms with Crippen molar-refractivity contribution in [2.75, 3.05) is 6.61 Å². The van der Waals surface area contributed by atoms with Gasteiger partial charge in [-0.05, 0) is 78.7 Å². The summed E-state index contributed by atoms with van der Waals surface area (Å²) in [6.45, 7) is 42.6. The lowest BCUT2D eigenvalue weighted by Crippen LogP contribution is -2.55. The highest BCUT2D eigenvalue weighted by atomic mass is 28.4. The van der Waals surface area contributed by atoms with Crippen molar-refractivity contribution in [2.45, 2.75) is 187 Å². The molecule has 0 N–H and O–H groups in total. The molecule has 1 fully saturated rings. The van der Waals surface area contributed by atoms with Gasteiger partial charge in [0.15, 0.2) is 16.6 Å². The fraction of sp³-hybridized carbons (Fsp3) is 0.938. The summed E-state index contributed by atoms with van der Waals surface area (Å²) in [5, 5.41) is 0. The van der Waals surface area contributed by atoms with Crippen LogP contribution < -0.4 is 0 Å². The fourth-order valence-electron chi connectivity index (χ4n) is 7.92. The quantitative estimate of drug-likeness (QED) is 0.0946. The van der Waals surface area contributed by atoms with Gasteiger partial charge in [-0.15, -0.1) is 0 Å². The molecule has 0 radical (unpaired) electrons. The molecular weight excluding hydrogens is 533 g/mol. The molecule has 0 aromatic rings. The van der Waals surface area contributed by atoms with Crippen molar-refractivity contribution in [2.24, 2.45) is 0 Å². The smallest absolute Gasteiger partial charge is 0.201 e. The summed E-state index contributed by atoms with van der Waals surface area (Å²) < 4.78 is 28.4. The fourth-order valence-corrected chi connectivity index (χ4v) is 20.0. The molecule has 0 aromatic heterocycles. The highest BCUT2D eigenvalue weighted by molar-refractivity contribution is 6.78. The Hall–Kier alpha value is 0.231. The second kappa shape index (κ2) is 14.1. The van der Waals surface area contributed by atoms with Crippen LogP contribution in [0, 0.1) is 0 Å². The van der Waals surface area contributed by atoms with Gasteiger partial charge in [-0.1, -0.05) is 96.1 Å². The van der Waals surface area contributed by atoms with Crippen LogP contribution in [0.3, 0.4) is 0 Å². The summed E-state index contributed by atoms with van der Waals surface area (Å²) in [6, 6.07) is 0. The number of epoxide rings is 1. The third-order valence-corrected chi connectivity index (χ3v) is 22.6. The van der Waals surface area contributed by atoms with Crippen molar-refractivity contribution < 1.29 is 18.0 Å². The lowest BCUT2D eigenvalue weighted by molar-refractivity contribution is 0.0771. The normalized spacial score (nSPS) is 23.2. The summed E-state index contributed by atoms with van der Waals surface area (Å²) in [5.74, 6) is 0. The van der Waals surface area contributed by atoms with Gasteiger partial charge in [-0.3, -0.25) is 0 Å². The number of ether oxygens (including phenoxy) is 1. The molecule has 0 saturated carbocycles. The van der Waals surface area contributed by atoms with Crippen LogP contribution in [0.1, 0.15) is 110 Å². The van der Waals surface area contributed by atoms with Crippen molar-refractivity contribution >= 4 is 25.0 Å². The van der Waals surface area contributed by atoms with Crippen molar-refractivity contribution in [3.63, 3.8) is 0 Å². The van der Waals surface area contributed by atoms with Gasteiger partial charge in [-0.2, -0.15) is 0 Å². The monoisotopic (exact) mass is 600 g/mol. The molecule has 4 nitrogen and oxygen atoms in total. The predicted molar refractivity (Wildman–Crippen MR) is 178 cm³/mol. The van der Waals surface area contributed by atoms with Gasteiger partial charge >= 0.3 is 0 Å². The van der Waals surface area contributed by atoms with E-state index in [1.807, 2.05) is 0 Å². The Morgan fingerprint density at radius 1 is 0.744 bits per heavy atom. The Morgan fingerprint density at radius 3 is 1.49 bits per heavy atom. The largest absolute Gasteiger partial charge is 0.413 e. The lowest BCUT2D eigenvalue weighted by Gasteiger charge is -2.47. The SMILES string of the molecule is CC/C=C(\C)C(O[Si](C)(C)C)[C@]1(C)O[C@H]1[C@@H](CO[Si](C(C)C)(C(C)C)C(C)C)O[Si](C(C)C)(C(C)C)C(C)C. The summed E-state index contributed by atoms with van der Waals surface area (Å²) in [6.07, 6.45) is 3.11. The topological polar surface area (TPSA) is 40.2 Å². The highest BCUT2D eigenvalue weighted by Gasteiger charge is 2.64. The van der Waals surface area contributed by atoms with E-state index in [4.69, 9.17) is 18.0 Å². The molecule has 0 aliphatic carbocycles. The lowest BCUT2D eigenvalue weighted by atomic mass is 9.92. The molecule has 0 amide bonds. The number of hydrogen-bond donors (Lipinski definition) is 0. The molecule has 1 saturated heterocycles. The minimum atomic E-state index is -2.17. The van der Waals surface area contributed by atoms with Crippen LogP contribution in [0.2, 0.25) is 52.9 Å². The van der Waals surface area contributed by atoms with E-state index in [0.29, 0.717) is 39.9 Å². The summed E-state index contributed by atoms with van der Waals surface area (Å²) in [7, 11) is -6.05. The standard InChI is InChI=1S/C32H68O4Si3/c1-19-20-28(14)30(36-37(16,17)18)32(15)31(34-32)29(35-39(25(8)9,26(10)11)27(12)13)21-33-38(22(2)3,23(4)5)24(6)7/h20,22-27,29-31H,19,21H2,1-18H3/b28-20+/t29-,30?,31+,32+/m1/s1. The highest BCUT2D eigenvalue weighted by Crippen LogP contribution is 2.51. The van der Waals surface area contributed by atoms with Crippen LogP contribution in [0.15, 0.2) is 11.6 Å². The molecule has 4 atom stereocenters. The van der Waals surface area contributed by atoms with Gasteiger partial charge in [0, 0.05) is 0 Å².